The van der Waals surface area contributed by atoms with E-state index in [4.69, 9.17) is 4.74 Å². The van der Waals surface area contributed by atoms with Crippen LogP contribution in [0.3, 0.4) is 0 Å². The number of ether oxygens (including phenoxy) is 1. The van der Waals surface area contributed by atoms with Gasteiger partial charge >= 0.3 is 5.97 Å². The summed E-state index contributed by atoms with van der Waals surface area (Å²) in [4.78, 5) is 27.5. The molecule has 2 fully saturated rings. The van der Waals surface area contributed by atoms with E-state index in [0.29, 0.717) is 33.2 Å². The highest BCUT2D eigenvalue weighted by atomic mass is 32.1. The first kappa shape index (κ1) is 25.1. The number of nitrogens with zero attached hydrogens (tertiary/aromatic N) is 1. The summed E-state index contributed by atoms with van der Waals surface area (Å²) in [5.74, 6) is -0.0174. The predicted octanol–water partition coefficient (Wildman–Crippen LogP) is 4.15. The quantitative estimate of drug-likeness (QED) is 0.325. The molecule has 0 radical (unpaired) electrons. The van der Waals surface area contributed by atoms with Crippen LogP contribution in [0.15, 0.2) is 65.4 Å². The molecule has 2 aromatic heterocycles. The van der Waals surface area contributed by atoms with Crippen molar-refractivity contribution in [2.24, 2.45) is 11.8 Å². The van der Waals surface area contributed by atoms with E-state index in [2.05, 4.69) is 19.4 Å². The maximum atomic E-state index is 13.5. The van der Waals surface area contributed by atoms with E-state index in [1.165, 1.54) is 22.7 Å². The van der Waals surface area contributed by atoms with Crippen LogP contribution >= 0.6 is 22.7 Å². The number of quaternary nitrogens is 1. The lowest BCUT2D eigenvalue weighted by atomic mass is 9.96. The Morgan fingerprint density at radius 3 is 2.31 bits per heavy atom. The molecule has 190 valence electrons. The van der Waals surface area contributed by atoms with E-state index in [0.717, 1.165) is 24.8 Å². The minimum Gasteiger partial charge on any atom is -0.459 e. The van der Waals surface area contributed by atoms with Gasteiger partial charge < -0.3 is 19.6 Å². The van der Waals surface area contributed by atoms with Crippen LogP contribution in [0.1, 0.15) is 34.6 Å². The van der Waals surface area contributed by atoms with Gasteiger partial charge in [0.1, 0.15) is 6.10 Å². The number of carbonyl (C=O) groups is 2. The number of nitrogens with one attached hydrogen (secondary N) is 1. The normalized spacial score (nSPS) is 23.5. The van der Waals surface area contributed by atoms with Gasteiger partial charge in [0.2, 0.25) is 5.60 Å². The molecule has 2 saturated carbocycles. The number of fused-ring (bicyclic) bond motifs is 2. The van der Waals surface area contributed by atoms with Crippen LogP contribution in [0.4, 0.5) is 0 Å². The fourth-order valence-electron chi connectivity index (χ4n) is 6.30. The molecule has 2 heterocycles. The Kier molecular flexibility index (Phi) is 7.05. The summed E-state index contributed by atoms with van der Waals surface area (Å²) in [6, 6.07) is 17.4. The molecule has 5 rings (SSSR count). The van der Waals surface area contributed by atoms with Crippen molar-refractivity contribution in [3.8, 4) is 0 Å². The summed E-state index contributed by atoms with van der Waals surface area (Å²) in [6.45, 7) is 0.890. The van der Waals surface area contributed by atoms with Crippen molar-refractivity contribution < 1.29 is 23.9 Å². The van der Waals surface area contributed by atoms with Crippen LogP contribution in [0.25, 0.3) is 0 Å². The number of carbonyl (C=O) groups excluding carboxylic acids is 2. The van der Waals surface area contributed by atoms with E-state index in [1.54, 1.807) is 12.1 Å². The summed E-state index contributed by atoms with van der Waals surface area (Å²) in [5.41, 5.74) is -0.713. The molecule has 1 aromatic carbocycles. The molecule has 1 amide bonds. The van der Waals surface area contributed by atoms with Gasteiger partial charge in [0, 0.05) is 18.4 Å². The van der Waals surface area contributed by atoms with Crippen molar-refractivity contribution in [1.29, 1.82) is 0 Å². The van der Waals surface area contributed by atoms with Crippen molar-refractivity contribution in [3.05, 3.63) is 80.7 Å². The van der Waals surface area contributed by atoms with Gasteiger partial charge in [-0.05, 0) is 47.7 Å². The number of amides is 1. The highest BCUT2D eigenvalue weighted by molar-refractivity contribution is 7.12. The molecule has 36 heavy (non-hydrogen) atoms. The summed E-state index contributed by atoms with van der Waals surface area (Å²) < 4.78 is 6.67. The maximum absolute atomic E-state index is 13.5. The molecule has 0 spiro atoms. The number of hydrogen-bond donors (Lipinski definition) is 2. The van der Waals surface area contributed by atoms with Gasteiger partial charge in [0.15, 0.2) is 6.54 Å². The van der Waals surface area contributed by atoms with Crippen LogP contribution in [0.2, 0.25) is 0 Å². The second-order valence-corrected chi connectivity index (χ2v) is 12.4. The number of hydrogen-bond acceptors (Lipinski definition) is 6. The Morgan fingerprint density at radius 2 is 1.69 bits per heavy atom. The van der Waals surface area contributed by atoms with Crippen LogP contribution in [-0.2, 0) is 26.5 Å². The van der Waals surface area contributed by atoms with Gasteiger partial charge in [-0.3, -0.25) is 4.79 Å². The third kappa shape index (κ3) is 4.75. The molecule has 6 nitrogen and oxygen atoms in total. The summed E-state index contributed by atoms with van der Waals surface area (Å²) in [6.07, 6.45) is 2.57. The maximum Gasteiger partial charge on any atom is 0.349 e. The summed E-state index contributed by atoms with van der Waals surface area (Å²) in [5, 5.41) is 18.4. The van der Waals surface area contributed by atoms with E-state index in [9.17, 15) is 14.7 Å². The molecule has 2 aliphatic carbocycles. The van der Waals surface area contributed by atoms with Crippen molar-refractivity contribution in [2.45, 2.75) is 43.6 Å². The first-order valence-corrected chi connectivity index (χ1v) is 14.2. The van der Waals surface area contributed by atoms with E-state index in [1.807, 2.05) is 53.2 Å². The fraction of sp³-hybridized carbons (Fsp3) is 0.429. The van der Waals surface area contributed by atoms with Gasteiger partial charge in [-0.15, -0.1) is 22.7 Å². The molecule has 4 atom stereocenters. The smallest absolute Gasteiger partial charge is 0.349 e. The molecule has 2 aliphatic rings. The lowest BCUT2D eigenvalue weighted by molar-refractivity contribution is -0.912. The van der Waals surface area contributed by atoms with Gasteiger partial charge in [-0.25, -0.2) is 4.79 Å². The summed E-state index contributed by atoms with van der Waals surface area (Å²) >= 11 is 2.71. The van der Waals surface area contributed by atoms with Gasteiger partial charge in [0.25, 0.3) is 5.91 Å². The second kappa shape index (κ2) is 10.1. The molecule has 2 N–H and O–H groups in total. The largest absolute Gasteiger partial charge is 0.459 e. The number of thiophene rings is 2. The molecule has 3 aromatic rings. The van der Waals surface area contributed by atoms with Gasteiger partial charge in [-0.1, -0.05) is 42.5 Å². The lowest BCUT2D eigenvalue weighted by Gasteiger charge is -2.38. The molecule has 8 heteroatoms. The highest BCUT2D eigenvalue weighted by Gasteiger charge is 2.58. The van der Waals surface area contributed by atoms with Crippen LogP contribution in [0, 0.1) is 11.8 Å². The number of esters is 1. The van der Waals surface area contributed by atoms with Crippen molar-refractivity contribution in [2.75, 3.05) is 20.6 Å². The SMILES string of the molecule is C[N+](C)(CC(=O)NCc1ccccc1)C1C2CC[C@@H]1[C@H](OC(=O)C(O)(c1cccs1)c1cccs1)C2. The number of likely N-dealkylation sites (N-methyl/N-ethyl adjacent to an activating group) is 1. The first-order chi connectivity index (χ1) is 17.3. The lowest BCUT2D eigenvalue weighted by Crippen LogP contribution is -2.56. The zero-order valence-corrected chi connectivity index (χ0v) is 22.3. The van der Waals surface area contributed by atoms with Crippen molar-refractivity contribution in [1.82, 2.24) is 5.32 Å². The zero-order valence-electron chi connectivity index (χ0n) is 20.6. The average Bonchev–Trinajstić information content (AvgIpc) is 3.66. The Labute approximate surface area is 220 Å². The summed E-state index contributed by atoms with van der Waals surface area (Å²) in [7, 11) is 4.21. The van der Waals surface area contributed by atoms with E-state index in [-0.39, 0.29) is 24.0 Å². The third-order valence-corrected chi connectivity index (χ3v) is 9.76. The molecule has 2 unspecified atom stereocenters. The minimum atomic E-state index is -1.79. The number of aliphatic hydroxyl groups is 1. The van der Waals surface area contributed by atoms with Gasteiger partial charge in [0.05, 0.1) is 29.9 Å². The third-order valence-electron chi connectivity index (χ3n) is 7.81. The highest BCUT2D eigenvalue weighted by Crippen LogP contribution is 2.51. The Morgan fingerprint density at radius 1 is 1.03 bits per heavy atom. The molecule has 0 aliphatic heterocycles. The number of rotatable bonds is 9. The average molecular weight is 526 g/mol. The molecular formula is C28H33N2O4S2+. The Hall–Kier alpha value is -2.52. The Balaban J connectivity index is 1.26. The molecule has 2 bridgehead atoms. The van der Waals surface area contributed by atoms with Crippen molar-refractivity contribution in [3.63, 3.8) is 0 Å². The van der Waals surface area contributed by atoms with Gasteiger partial charge in [-0.2, -0.15) is 0 Å². The zero-order chi connectivity index (χ0) is 25.3. The molecular weight excluding hydrogens is 492 g/mol. The standard InChI is InChI=1S/C28H32N2O4S2/c1-30(2,18-25(31)29-17-19-8-4-3-5-9-19)26-20-12-13-21(26)22(16-20)34-27(32)28(33,23-10-6-14-35-23)24-11-7-15-36-24/h3-11,14-15,20-22,26,33H,12-13,16-18H2,1-2H3/p+1/t20?,21-,22-,26?/m1/s1. The second-order valence-electron chi connectivity index (χ2n) is 10.5. The monoisotopic (exact) mass is 525 g/mol. The van der Waals surface area contributed by atoms with Crippen molar-refractivity contribution >= 4 is 34.6 Å². The van der Waals surface area contributed by atoms with Crippen LogP contribution < -0.4 is 5.32 Å². The number of benzene rings is 1. The molecule has 0 saturated heterocycles. The van der Waals surface area contributed by atoms with E-state index >= 15 is 0 Å². The van der Waals surface area contributed by atoms with Crippen LogP contribution in [-0.4, -0.2) is 54.3 Å². The van der Waals surface area contributed by atoms with Crippen LogP contribution in [0.5, 0.6) is 0 Å². The minimum absolute atomic E-state index is 0.0217. The predicted molar refractivity (Wildman–Crippen MR) is 141 cm³/mol. The Bertz CT molecular complexity index is 1140. The van der Waals surface area contributed by atoms with E-state index < -0.39 is 11.6 Å². The topological polar surface area (TPSA) is 75.6 Å². The fourth-order valence-corrected chi connectivity index (χ4v) is 8.01. The first-order valence-electron chi connectivity index (χ1n) is 12.4.